The third-order valence-electron chi connectivity index (χ3n) is 3.34. The van der Waals surface area contributed by atoms with E-state index in [1.54, 1.807) is 0 Å². The maximum atomic E-state index is 3.52. The molecule has 0 bridgehead atoms. The van der Waals surface area contributed by atoms with E-state index >= 15 is 0 Å². The van der Waals surface area contributed by atoms with Gasteiger partial charge >= 0.3 is 0 Å². The average Bonchev–Trinajstić information content (AvgIpc) is 2.04. The number of allylic oxidation sites excluding steroid dienone is 3. The van der Waals surface area contributed by atoms with Crippen molar-refractivity contribution < 1.29 is 0 Å². The molecule has 0 radical (unpaired) electrons. The number of fused-ring (bicyclic) bond motifs is 1. The highest BCUT2D eigenvalue weighted by Gasteiger charge is 2.37. The lowest BCUT2D eigenvalue weighted by atomic mass is 9.67. The molecule has 1 heterocycles. The molecule has 1 aliphatic heterocycles. The Balaban J connectivity index is 2.26. The van der Waals surface area contributed by atoms with Gasteiger partial charge in [-0.15, -0.1) is 0 Å². The molecule has 1 saturated heterocycles. The van der Waals surface area contributed by atoms with Gasteiger partial charge in [-0.1, -0.05) is 31.2 Å². The van der Waals surface area contributed by atoms with Crippen LogP contribution in [0.3, 0.4) is 0 Å². The van der Waals surface area contributed by atoms with Crippen molar-refractivity contribution >= 4 is 0 Å². The molecule has 1 aliphatic carbocycles. The zero-order chi connectivity index (χ0) is 8.60. The van der Waals surface area contributed by atoms with Crippen LogP contribution in [0, 0.1) is 11.3 Å². The van der Waals surface area contributed by atoms with Gasteiger partial charge in [0.15, 0.2) is 0 Å². The summed E-state index contributed by atoms with van der Waals surface area (Å²) in [4.78, 5) is 0. The molecule has 12 heavy (non-hydrogen) atoms. The smallest absolute Gasteiger partial charge is 0.0110 e. The van der Waals surface area contributed by atoms with Crippen molar-refractivity contribution in [2.24, 2.45) is 11.3 Å². The Labute approximate surface area is 74.5 Å². The van der Waals surface area contributed by atoms with Crippen molar-refractivity contribution in [3.63, 3.8) is 0 Å². The molecule has 0 spiro atoms. The van der Waals surface area contributed by atoms with E-state index in [1.165, 1.54) is 6.42 Å². The summed E-state index contributed by atoms with van der Waals surface area (Å²) < 4.78 is 0. The largest absolute Gasteiger partial charge is 0.314 e. The number of piperidine rings is 1. The first-order chi connectivity index (χ1) is 5.72. The lowest BCUT2D eigenvalue weighted by Crippen LogP contribution is -2.48. The van der Waals surface area contributed by atoms with Crippen molar-refractivity contribution in [3.05, 3.63) is 24.3 Å². The van der Waals surface area contributed by atoms with Crippen molar-refractivity contribution in [1.29, 1.82) is 0 Å². The second-order valence-corrected chi connectivity index (χ2v) is 4.27. The van der Waals surface area contributed by atoms with Crippen molar-refractivity contribution in [2.45, 2.75) is 26.3 Å². The number of hydrogen-bond acceptors (Lipinski definition) is 1. The molecule has 2 aliphatic rings. The van der Waals surface area contributed by atoms with Crippen LogP contribution in [0.1, 0.15) is 20.3 Å². The topological polar surface area (TPSA) is 12.0 Å². The SMILES string of the molecule is CC1NCCC2(C)C=CC=C[C@@H]12. The minimum atomic E-state index is 0.416. The maximum Gasteiger partial charge on any atom is 0.0110 e. The van der Waals surface area contributed by atoms with E-state index in [9.17, 15) is 0 Å². The second-order valence-electron chi connectivity index (χ2n) is 4.27. The second kappa shape index (κ2) is 2.74. The third kappa shape index (κ3) is 1.13. The predicted octanol–water partition coefficient (Wildman–Crippen LogP) is 2.12. The van der Waals surface area contributed by atoms with E-state index in [0.717, 1.165) is 6.54 Å². The van der Waals surface area contributed by atoms with Gasteiger partial charge < -0.3 is 5.32 Å². The van der Waals surface area contributed by atoms with Crippen LogP contribution in [-0.2, 0) is 0 Å². The Bertz CT molecular complexity index is 229. The van der Waals surface area contributed by atoms with Crippen LogP contribution in [0.4, 0.5) is 0 Å². The molecule has 2 unspecified atom stereocenters. The Morgan fingerprint density at radius 3 is 3.00 bits per heavy atom. The van der Waals surface area contributed by atoms with E-state index in [2.05, 4.69) is 43.5 Å². The van der Waals surface area contributed by atoms with Gasteiger partial charge in [-0.05, 0) is 25.3 Å². The van der Waals surface area contributed by atoms with Crippen LogP contribution in [0.15, 0.2) is 24.3 Å². The molecule has 0 amide bonds. The summed E-state index contributed by atoms with van der Waals surface area (Å²) in [6.07, 6.45) is 10.3. The minimum Gasteiger partial charge on any atom is -0.314 e. The van der Waals surface area contributed by atoms with Crippen molar-refractivity contribution in [1.82, 2.24) is 5.32 Å². The molecule has 1 fully saturated rings. The summed E-state index contributed by atoms with van der Waals surface area (Å²) in [6.45, 7) is 5.81. The molecular weight excluding hydrogens is 146 g/mol. The first-order valence-electron chi connectivity index (χ1n) is 4.82. The van der Waals surface area contributed by atoms with Crippen LogP contribution in [0.5, 0.6) is 0 Å². The van der Waals surface area contributed by atoms with Crippen molar-refractivity contribution in [2.75, 3.05) is 6.54 Å². The Kier molecular flexibility index (Phi) is 1.84. The van der Waals surface area contributed by atoms with Gasteiger partial charge in [-0.25, -0.2) is 0 Å². The molecule has 0 aromatic heterocycles. The summed E-state index contributed by atoms with van der Waals surface area (Å²) in [7, 11) is 0. The molecule has 0 aromatic rings. The lowest BCUT2D eigenvalue weighted by molar-refractivity contribution is 0.181. The zero-order valence-electron chi connectivity index (χ0n) is 7.88. The van der Waals surface area contributed by atoms with Crippen LogP contribution >= 0.6 is 0 Å². The quantitative estimate of drug-likeness (QED) is 0.577. The van der Waals surface area contributed by atoms with E-state index < -0.39 is 0 Å². The summed E-state index contributed by atoms with van der Waals surface area (Å²) in [5.74, 6) is 0.691. The van der Waals surface area contributed by atoms with Crippen LogP contribution in [-0.4, -0.2) is 12.6 Å². The first-order valence-corrected chi connectivity index (χ1v) is 4.82. The molecule has 2 rings (SSSR count). The Morgan fingerprint density at radius 2 is 2.25 bits per heavy atom. The van der Waals surface area contributed by atoms with E-state index in [-0.39, 0.29) is 0 Å². The number of hydrogen-bond donors (Lipinski definition) is 1. The van der Waals surface area contributed by atoms with Gasteiger partial charge in [0, 0.05) is 12.0 Å². The monoisotopic (exact) mass is 163 g/mol. The van der Waals surface area contributed by atoms with E-state index in [0.29, 0.717) is 17.4 Å². The van der Waals surface area contributed by atoms with Gasteiger partial charge in [0.25, 0.3) is 0 Å². The van der Waals surface area contributed by atoms with Crippen molar-refractivity contribution in [3.8, 4) is 0 Å². The fourth-order valence-corrected chi connectivity index (χ4v) is 2.47. The van der Waals surface area contributed by atoms with Gasteiger partial charge in [0.05, 0.1) is 0 Å². The Morgan fingerprint density at radius 1 is 1.42 bits per heavy atom. The number of rotatable bonds is 0. The highest BCUT2D eigenvalue weighted by atomic mass is 14.9. The predicted molar refractivity (Wildman–Crippen MR) is 52.0 cm³/mol. The molecule has 0 aromatic carbocycles. The molecule has 1 N–H and O–H groups in total. The first kappa shape index (κ1) is 8.06. The lowest BCUT2D eigenvalue weighted by Gasteiger charge is -2.43. The minimum absolute atomic E-state index is 0.416. The molecule has 3 atom stereocenters. The van der Waals surface area contributed by atoms with Gasteiger partial charge in [0.2, 0.25) is 0 Å². The van der Waals surface area contributed by atoms with Crippen LogP contribution in [0.25, 0.3) is 0 Å². The fourth-order valence-electron chi connectivity index (χ4n) is 2.47. The summed E-state index contributed by atoms with van der Waals surface area (Å²) in [6, 6.07) is 0.630. The molecule has 1 heteroatoms. The van der Waals surface area contributed by atoms with Crippen LogP contribution < -0.4 is 5.32 Å². The average molecular weight is 163 g/mol. The van der Waals surface area contributed by atoms with E-state index in [4.69, 9.17) is 0 Å². The highest BCUT2D eigenvalue weighted by Crippen LogP contribution is 2.40. The summed E-state index contributed by atoms with van der Waals surface area (Å²) >= 11 is 0. The van der Waals surface area contributed by atoms with Gasteiger partial charge in [0.1, 0.15) is 0 Å². The molecule has 1 nitrogen and oxygen atoms in total. The van der Waals surface area contributed by atoms with E-state index in [1.807, 2.05) is 0 Å². The Hall–Kier alpha value is -0.560. The summed E-state index contributed by atoms with van der Waals surface area (Å²) in [5, 5.41) is 3.52. The summed E-state index contributed by atoms with van der Waals surface area (Å²) in [5.41, 5.74) is 0.416. The fraction of sp³-hybridized carbons (Fsp3) is 0.636. The zero-order valence-corrected chi connectivity index (χ0v) is 7.88. The van der Waals surface area contributed by atoms with Crippen LogP contribution in [0.2, 0.25) is 0 Å². The third-order valence-corrected chi connectivity index (χ3v) is 3.34. The normalized spacial score (nSPS) is 45.8. The molecule has 0 saturated carbocycles. The molecular formula is C11H17N. The standard InChI is InChI=1S/C11H17N/c1-9-10-5-3-4-6-11(10,2)7-8-12-9/h3-6,9-10,12H,7-8H2,1-2H3/t9?,10-,11?/m0/s1. The number of nitrogens with one attached hydrogen (secondary N) is 1. The van der Waals surface area contributed by atoms with Gasteiger partial charge in [-0.3, -0.25) is 0 Å². The molecule has 66 valence electrons. The highest BCUT2D eigenvalue weighted by molar-refractivity contribution is 5.21. The maximum absolute atomic E-state index is 3.52. The van der Waals surface area contributed by atoms with Gasteiger partial charge in [-0.2, -0.15) is 0 Å².